The van der Waals surface area contributed by atoms with E-state index in [-0.39, 0.29) is 22.6 Å². The van der Waals surface area contributed by atoms with Gasteiger partial charge >= 0.3 is 0 Å². The number of aryl methyl sites for hydroxylation is 2. The molecular weight excluding hydrogens is 573 g/mol. The van der Waals surface area contributed by atoms with E-state index in [1.807, 2.05) is 42.6 Å². The lowest BCUT2D eigenvalue weighted by Gasteiger charge is -2.27. The number of rotatable bonds is 4. The summed E-state index contributed by atoms with van der Waals surface area (Å²) in [5.41, 5.74) is 9.75. The molecule has 2 aliphatic carbocycles. The van der Waals surface area contributed by atoms with Crippen LogP contribution < -0.4 is 4.90 Å². The lowest BCUT2D eigenvalue weighted by molar-refractivity contribution is 0.0990. The van der Waals surface area contributed by atoms with E-state index in [0.717, 1.165) is 54.4 Å². The molecule has 0 saturated heterocycles. The second-order valence-corrected chi connectivity index (χ2v) is 13.7. The standard InChI is InChI=1S/C40H30N2O2S/c1-23-9-13-27(14-10-23)42(28-15-11-24(2)12-16-28)29-19-34-36(41-22-29)39-35(40(34,3)4)21-30(45-39)20-33-37(43)31-17-25-7-5-6-8-26(25)18-32(31)38(33)44/h5-22H,1-4H3. The van der Waals surface area contributed by atoms with Crippen molar-refractivity contribution in [1.82, 2.24) is 4.98 Å². The van der Waals surface area contributed by atoms with Crippen molar-refractivity contribution in [2.45, 2.75) is 33.1 Å². The maximum Gasteiger partial charge on any atom is 0.197 e. The molecule has 0 amide bonds. The molecule has 0 fully saturated rings. The third-order valence-corrected chi connectivity index (χ3v) is 10.3. The first-order valence-corrected chi connectivity index (χ1v) is 15.9. The van der Waals surface area contributed by atoms with Gasteiger partial charge in [-0.1, -0.05) is 73.5 Å². The molecule has 2 aliphatic rings. The number of hydrogen-bond acceptors (Lipinski definition) is 5. The zero-order chi connectivity index (χ0) is 31.0. The van der Waals surface area contributed by atoms with Crippen LogP contribution in [0.2, 0.25) is 0 Å². The highest BCUT2D eigenvalue weighted by molar-refractivity contribution is 7.16. The first-order chi connectivity index (χ1) is 21.7. The van der Waals surface area contributed by atoms with Crippen molar-refractivity contribution in [3.63, 3.8) is 0 Å². The van der Waals surface area contributed by atoms with E-state index in [1.54, 1.807) is 17.4 Å². The molecule has 0 N–H and O–H groups in total. The molecular formula is C40H30N2O2S. The van der Waals surface area contributed by atoms with Crippen LogP contribution in [0.5, 0.6) is 0 Å². The largest absolute Gasteiger partial charge is 0.309 e. The molecule has 0 spiro atoms. The van der Waals surface area contributed by atoms with Crippen molar-refractivity contribution < 1.29 is 9.59 Å². The summed E-state index contributed by atoms with van der Waals surface area (Å²) in [6.45, 7) is 8.65. The van der Waals surface area contributed by atoms with Crippen molar-refractivity contribution >= 4 is 56.8 Å². The average Bonchev–Trinajstić information content (AvgIpc) is 3.63. The van der Waals surface area contributed by atoms with Gasteiger partial charge < -0.3 is 4.90 Å². The van der Waals surface area contributed by atoms with Crippen molar-refractivity contribution in [2.24, 2.45) is 0 Å². The van der Waals surface area contributed by atoms with Gasteiger partial charge in [-0.05, 0) is 90.4 Å². The van der Waals surface area contributed by atoms with Crippen LogP contribution in [0, 0.1) is 13.8 Å². The highest BCUT2D eigenvalue weighted by Gasteiger charge is 2.40. The summed E-state index contributed by atoms with van der Waals surface area (Å²) < 4.78 is 0. The molecule has 218 valence electrons. The number of hydrogen-bond donors (Lipinski definition) is 0. The molecule has 0 saturated carbocycles. The molecule has 4 nitrogen and oxygen atoms in total. The monoisotopic (exact) mass is 602 g/mol. The number of anilines is 3. The highest BCUT2D eigenvalue weighted by Crippen LogP contribution is 2.53. The van der Waals surface area contributed by atoms with E-state index in [2.05, 4.69) is 93.3 Å². The minimum Gasteiger partial charge on any atom is -0.309 e. The number of ketones is 2. The number of aromatic nitrogens is 1. The van der Waals surface area contributed by atoms with Crippen molar-refractivity contribution in [2.75, 3.05) is 4.90 Å². The topological polar surface area (TPSA) is 50.3 Å². The predicted octanol–water partition coefficient (Wildman–Crippen LogP) is 10.2. The zero-order valence-corrected chi connectivity index (χ0v) is 26.3. The Hall–Kier alpha value is -5.13. The number of allylic oxidation sites excluding steroid dienone is 1. The van der Waals surface area contributed by atoms with Gasteiger partial charge in [0.15, 0.2) is 11.6 Å². The molecule has 0 unspecified atom stereocenters. The van der Waals surface area contributed by atoms with Crippen LogP contribution in [0.3, 0.4) is 0 Å². The molecule has 0 atom stereocenters. The van der Waals surface area contributed by atoms with Crippen molar-refractivity contribution in [3.8, 4) is 10.6 Å². The van der Waals surface area contributed by atoms with E-state index >= 15 is 0 Å². The van der Waals surface area contributed by atoms with Gasteiger partial charge in [0.25, 0.3) is 0 Å². The van der Waals surface area contributed by atoms with Gasteiger partial charge in [0.2, 0.25) is 0 Å². The van der Waals surface area contributed by atoms with Crippen LogP contribution in [0.1, 0.15) is 61.7 Å². The number of benzene rings is 4. The quantitative estimate of drug-likeness (QED) is 0.149. The van der Waals surface area contributed by atoms with Crippen LogP contribution in [-0.4, -0.2) is 16.6 Å². The van der Waals surface area contributed by atoms with Gasteiger partial charge in [-0.15, -0.1) is 11.3 Å². The maximum absolute atomic E-state index is 13.4. The fourth-order valence-corrected chi connectivity index (χ4v) is 7.89. The summed E-state index contributed by atoms with van der Waals surface area (Å²) >= 11 is 1.59. The van der Waals surface area contributed by atoms with Crippen LogP contribution in [-0.2, 0) is 5.41 Å². The van der Waals surface area contributed by atoms with Crippen molar-refractivity contribution in [3.05, 3.63) is 147 Å². The number of carbonyl (C=O) groups excluding carboxylic acids is 2. The Balaban J connectivity index is 1.18. The first kappa shape index (κ1) is 27.4. The van der Waals surface area contributed by atoms with E-state index in [9.17, 15) is 9.59 Å². The van der Waals surface area contributed by atoms with E-state index < -0.39 is 0 Å². The Morgan fingerprint density at radius 1 is 0.689 bits per heavy atom. The lowest BCUT2D eigenvalue weighted by Crippen LogP contribution is -2.17. The number of nitrogens with zero attached hydrogens (tertiary/aromatic N) is 2. The van der Waals surface area contributed by atoms with Gasteiger partial charge in [0.05, 0.1) is 28.0 Å². The molecule has 8 rings (SSSR count). The van der Waals surface area contributed by atoms with E-state index in [0.29, 0.717) is 11.1 Å². The van der Waals surface area contributed by atoms with Gasteiger partial charge in [0.1, 0.15) is 0 Å². The fraction of sp³-hybridized carbons (Fsp3) is 0.125. The van der Waals surface area contributed by atoms with Crippen LogP contribution >= 0.6 is 11.3 Å². The highest BCUT2D eigenvalue weighted by atomic mass is 32.1. The first-order valence-electron chi connectivity index (χ1n) is 15.1. The smallest absolute Gasteiger partial charge is 0.197 e. The van der Waals surface area contributed by atoms with E-state index in [4.69, 9.17) is 4.98 Å². The summed E-state index contributed by atoms with van der Waals surface area (Å²) in [7, 11) is 0. The maximum atomic E-state index is 13.4. The van der Waals surface area contributed by atoms with Gasteiger partial charge in [-0.25, -0.2) is 0 Å². The number of thiophene rings is 1. The van der Waals surface area contributed by atoms with Crippen LogP contribution in [0.15, 0.2) is 109 Å². The number of Topliss-reactive ketones (excluding diaryl/α,β-unsaturated/α-hetero) is 2. The Bertz CT molecular complexity index is 2140. The van der Waals surface area contributed by atoms with Gasteiger partial charge in [0, 0.05) is 32.8 Å². The third kappa shape index (κ3) is 4.30. The Kier molecular flexibility index (Phi) is 6.06. The molecule has 2 aromatic heterocycles. The summed E-state index contributed by atoms with van der Waals surface area (Å²) in [4.78, 5) is 36.1. The molecule has 4 aromatic carbocycles. The van der Waals surface area contributed by atoms with Gasteiger partial charge in [-0.3, -0.25) is 14.6 Å². The van der Waals surface area contributed by atoms with Crippen molar-refractivity contribution in [1.29, 1.82) is 0 Å². The molecule has 2 heterocycles. The molecule has 6 aromatic rings. The Labute approximate surface area is 266 Å². The molecule has 0 bridgehead atoms. The molecule has 0 radical (unpaired) electrons. The molecule has 0 aliphatic heterocycles. The number of carbonyl (C=O) groups is 2. The minimum absolute atomic E-state index is 0.205. The summed E-state index contributed by atoms with van der Waals surface area (Å²) in [5.74, 6) is -0.409. The minimum atomic E-state index is -0.308. The van der Waals surface area contributed by atoms with Crippen LogP contribution in [0.4, 0.5) is 17.1 Å². The van der Waals surface area contributed by atoms with Gasteiger partial charge in [-0.2, -0.15) is 0 Å². The van der Waals surface area contributed by atoms with E-state index in [1.165, 1.54) is 11.1 Å². The SMILES string of the molecule is Cc1ccc(N(c2ccc(C)cc2)c2cnc3c(c2)C(C)(C)c2cc(C=C4C(=O)c5cc6ccccc6cc5C4=O)sc2-3)cc1. The number of fused-ring (bicyclic) bond motifs is 5. The van der Waals surface area contributed by atoms with Crippen LogP contribution in [0.25, 0.3) is 27.4 Å². The normalized spacial score (nSPS) is 14.4. The fourth-order valence-electron chi connectivity index (χ4n) is 6.62. The summed E-state index contributed by atoms with van der Waals surface area (Å²) in [6.07, 6.45) is 3.73. The lowest BCUT2D eigenvalue weighted by atomic mass is 9.83. The molecule has 45 heavy (non-hydrogen) atoms. The third-order valence-electron chi connectivity index (χ3n) is 9.18. The second-order valence-electron chi connectivity index (χ2n) is 12.6. The summed E-state index contributed by atoms with van der Waals surface area (Å²) in [6, 6.07) is 33.0. The predicted molar refractivity (Wildman–Crippen MR) is 184 cm³/mol. The Morgan fingerprint density at radius 3 is 1.80 bits per heavy atom. The second kappa shape index (κ2) is 9.94. The summed E-state index contributed by atoms with van der Waals surface area (Å²) in [5, 5.41) is 1.92. The Morgan fingerprint density at radius 2 is 1.24 bits per heavy atom. The average molecular weight is 603 g/mol. The number of pyridine rings is 1. The molecule has 5 heteroatoms. The zero-order valence-electron chi connectivity index (χ0n) is 25.5.